The predicted molar refractivity (Wildman–Crippen MR) is 85.9 cm³/mol. The first-order valence-corrected chi connectivity index (χ1v) is 7.23. The van der Waals surface area contributed by atoms with Crippen LogP contribution in [0.2, 0.25) is 0 Å². The average molecular weight is 268 g/mol. The first kappa shape index (κ1) is 14.7. The van der Waals surface area contributed by atoms with E-state index in [1.807, 2.05) is 12.4 Å². The molecule has 1 aromatic carbocycles. The molecule has 0 radical (unpaired) electrons. The van der Waals surface area contributed by atoms with E-state index in [0.29, 0.717) is 6.04 Å². The van der Waals surface area contributed by atoms with E-state index in [2.05, 4.69) is 63.1 Å². The second kappa shape index (κ2) is 6.19. The standard InChI is InChI=1S/C18H24N2/c1-12(2)20-10-16-8-17(11-19-9-16)18-7-14(4)13(3)6-15(18)5/h6-9,11-12,20H,10H2,1-5H3. The van der Waals surface area contributed by atoms with Gasteiger partial charge in [0, 0.05) is 30.5 Å². The molecule has 2 rings (SSSR count). The van der Waals surface area contributed by atoms with Gasteiger partial charge in [0.05, 0.1) is 0 Å². The third kappa shape index (κ3) is 3.45. The van der Waals surface area contributed by atoms with E-state index in [1.54, 1.807) is 0 Å². The minimum Gasteiger partial charge on any atom is -0.310 e. The Morgan fingerprint density at radius 1 is 0.950 bits per heavy atom. The molecule has 0 saturated carbocycles. The molecule has 0 aliphatic carbocycles. The Morgan fingerprint density at radius 2 is 1.65 bits per heavy atom. The Labute approximate surface area is 122 Å². The highest BCUT2D eigenvalue weighted by Crippen LogP contribution is 2.26. The minimum absolute atomic E-state index is 0.488. The number of benzene rings is 1. The van der Waals surface area contributed by atoms with Crippen molar-refractivity contribution >= 4 is 0 Å². The molecule has 2 aromatic rings. The fourth-order valence-corrected chi connectivity index (χ4v) is 2.33. The van der Waals surface area contributed by atoms with Crippen LogP contribution in [0.15, 0.2) is 30.6 Å². The second-order valence-corrected chi connectivity index (χ2v) is 5.87. The maximum Gasteiger partial charge on any atom is 0.0346 e. The lowest BCUT2D eigenvalue weighted by Gasteiger charge is -2.12. The molecule has 0 aliphatic heterocycles. The number of nitrogens with one attached hydrogen (secondary N) is 1. The molecule has 0 amide bonds. The lowest BCUT2D eigenvalue weighted by Crippen LogP contribution is -2.21. The van der Waals surface area contributed by atoms with Crippen molar-refractivity contribution < 1.29 is 0 Å². The average Bonchev–Trinajstić information content (AvgIpc) is 2.41. The summed E-state index contributed by atoms with van der Waals surface area (Å²) < 4.78 is 0. The molecule has 0 bridgehead atoms. The molecule has 2 heteroatoms. The zero-order valence-corrected chi connectivity index (χ0v) is 13.1. The molecule has 0 spiro atoms. The first-order valence-electron chi connectivity index (χ1n) is 7.23. The van der Waals surface area contributed by atoms with Crippen LogP contribution in [-0.4, -0.2) is 11.0 Å². The third-order valence-electron chi connectivity index (χ3n) is 3.66. The quantitative estimate of drug-likeness (QED) is 0.900. The Morgan fingerprint density at radius 3 is 2.35 bits per heavy atom. The lowest BCUT2D eigenvalue weighted by molar-refractivity contribution is 0.588. The summed E-state index contributed by atoms with van der Waals surface area (Å²) in [6, 6.07) is 7.24. The summed E-state index contributed by atoms with van der Waals surface area (Å²) >= 11 is 0. The van der Waals surface area contributed by atoms with Crippen molar-refractivity contribution in [2.24, 2.45) is 0 Å². The third-order valence-corrected chi connectivity index (χ3v) is 3.66. The molecule has 0 unspecified atom stereocenters. The molecule has 20 heavy (non-hydrogen) atoms. The van der Waals surface area contributed by atoms with Crippen molar-refractivity contribution in [2.75, 3.05) is 0 Å². The second-order valence-electron chi connectivity index (χ2n) is 5.87. The summed E-state index contributed by atoms with van der Waals surface area (Å²) in [5.41, 5.74) is 7.70. The Bertz CT molecular complexity index is 600. The normalized spacial score (nSPS) is 11.1. The first-order chi connectivity index (χ1) is 9.47. The van der Waals surface area contributed by atoms with Crippen molar-refractivity contribution in [3.05, 3.63) is 52.8 Å². The molecule has 0 fully saturated rings. The van der Waals surface area contributed by atoms with Crippen LogP contribution in [0, 0.1) is 20.8 Å². The van der Waals surface area contributed by atoms with Gasteiger partial charge in [0.1, 0.15) is 0 Å². The van der Waals surface area contributed by atoms with E-state index in [0.717, 1.165) is 6.54 Å². The van der Waals surface area contributed by atoms with Gasteiger partial charge in [0.15, 0.2) is 0 Å². The van der Waals surface area contributed by atoms with E-state index >= 15 is 0 Å². The summed E-state index contributed by atoms with van der Waals surface area (Å²) in [7, 11) is 0. The van der Waals surface area contributed by atoms with E-state index in [1.165, 1.54) is 33.4 Å². The van der Waals surface area contributed by atoms with Crippen molar-refractivity contribution in [2.45, 2.75) is 47.2 Å². The van der Waals surface area contributed by atoms with Gasteiger partial charge in [-0.1, -0.05) is 26.0 Å². The van der Waals surface area contributed by atoms with Gasteiger partial charge in [-0.15, -0.1) is 0 Å². The minimum atomic E-state index is 0.488. The molecule has 106 valence electrons. The maximum absolute atomic E-state index is 4.39. The number of nitrogens with zero attached hydrogens (tertiary/aromatic N) is 1. The Kier molecular flexibility index (Phi) is 4.56. The molecule has 1 aromatic heterocycles. The molecule has 0 aliphatic rings. The van der Waals surface area contributed by atoms with Gasteiger partial charge in [-0.25, -0.2) is 0 Å². The van der Waals surface area contributed by atoms with Crippen LogP contribution in [0.4, 0.5) is 0 Å². The zero-order chi connectivity index (χ0) is 14.7. The molecular formula is C18H24N2. The molecule has 2 nitrogen and oxygen atoms in total. The van der Waals surface area contributed by atoms with Crippen LogP contribution >= 0.6 is 0 Å². The number of hydrogen-bond acceptors (Lipinski definition) is 2. The van der Waals surface area contributed by atoms with Crippen LogP contribution in [-0.2, 0) is 6.54 Å². The fraction of sp³-hybridized carbons (Fsp3) is 0.389. The summed E-state index contributed by atoms with van der Waals surface area (Å²) in [6.07, 6.45) is 3.89. The molecule has 0 saturated heterocycles. The van der Waals surface area contributed by atoms with Gasteiger partial charge in [0.25, 0.3) is 0 Å². The Hall–Kier alpha value is -1.67. The highest BCUT2D eigenvalue weighted by Gasteiger charge is 2.06. The van der Waals surface area contributed by atoms with Gasteiger partial charge < -0.3 is 5.32 Å². The number of pyridine rings is 1. The number of hydrogen-bond donors (Lipinski definition) is 1. The highest BCUT2D eigenvalue weighted by atomic mass is 14.9. The van der Waals surface area contributed by atoms with Crippen molar-refractivity contribution in [1.29, 1.82) is 0 Å². The molecular weight excluding hydrogens is 244 g/mol. The van der Waals surface area contributed by atoms with Gasteiger partial charge in [-0.05, 0) is 54.7 Å². The van der Waals surface area contributed by atoms with E-state index in [9.17, 15) is 0 Å². The van der Waals surface area contributed by atoms with Crippen LogP contribution in [0.1, 0.15) is 36.1 Å². The van der Waals surface area contributed by atoms with E-state index in [-0.39, 0.29) is 0 Å². The number of aromatic nitrogens is 1. The summed E-state index contributed by atoms with van der Waals surface area (Å²) in [4.78, 5) is 4.39. The van der Waals surface area contributed by atoms with E-state index in [4.69, 9.17) is 0 Å². The van der Waals surface area contributed by atoms with Crippen LogP contribution in [0.5, 0.6) is 0 Å². The monoisotopic (exact) mass is 268 g/mol. The van der Waals surface area contributed by atoms with Crippen molar-refractivity contribution in [3.8, 4) is 11.1 Å². The van der Waals surface area contributed by atoms with Gasteiger partial charge in [0.2, 0.25) is 0 Å². The smallest absolute Gasteiger partial charge is 0.0346 e. The van der Waals surface area contributed by atoms with E-state index < -0.39 is 0 Å². The zero-order valence-electron chi connectivity index (χ0n) is 13.1. The number of aryl methyl sites for hydroxylation is 3. The Balaban J connectivity index is 2.33. The van der Waals surface area contributed by atoms with Gasteiger partial charge >= 0.3 is 0 Å². The molecule has 1 N–H and O–H groups in total. The number of rotatable bonds is 4. The maximum atomic E-state index is 4.39. The summed E-state index contributed by atoms with van der Waals surface area (Å²) in [6.45, 7) is 11.7. The van der Waals surface area contributed by atoms with Crippen molar-refractivity contribution in [3.63, 3.8) is 0 Å². The van der Waals surface area contributed by atoms with Gasteiger partial charge in [-0.3, -0.25) is 4.98 Å². The van der Waals surface area contributed by atoms with Crippen LogP contribution in [0.3, 0.4) is 0 Å². The topological polar surface area (TPSA) is 24.9 Å². The largest absolute Gasteiger partial charge is 0.310 e. The van der Waals surface area contributed by atoms with Crippen molar-refractivity contribution in [1.82, 2.24) is 10.3 Å². The summed E-state index contributed by atoms with van der Waals surface area (Å²) in [5.74, 6) is 0. The summed E-state index contributed by atoms with van der Waals surface area (Å²) in [5, 5.41) is 3.44. The SMILES string of the molecule is Cc1cc(C)c(-c2cncc(CNC(C)C)c2)cc1C. The van der Waals surface area contributed by atoms with Crippen LogP contribution < -0.4 is 5.32 Å². The van der Waals surface area contributed by atoms with Crippen LogP contribution in [0.25, 0.3) is 11.1 Å². The molecule has 0 atom stereocenters. The fourth-order valence-electron chi connectivity index (χ4n) is 2.33. The predicted octanol–water partition coefficient (Wildman–Crippen LogP) is 4.17. The van der Waals surface area contributed by atoms with Gasteiger partial charge in [-0.2, -0.15) is 0 Å². The molecule has 1 heterocycles. The highest BCUT2D eigenvalue weighted by molar-refractivity contribution is 5.68. The lowest BCUT2D eigenvalue weighted by atomic mass is 9.96.